The first-order chi connectivity index (χ1) is 16.4. The van der Waals surface area contributed by atoms with Gasteiger partial charge in [-0.2, -0.15) is 0 Å². The molecule has 1 unspecified atom stereocenters. The fourth-order valence-corrected chi connectivity index (χ4v) is 4.74. The fourth-order valence-electron chi connectivity index (χ4n) is 3.59. The predicted molar refractivity (Wildman–Crippen MR) is 138 cm³/mol. The second-order valence-corrected chi connectivity index (χ2v) is 9.78. The van der Waals surface area contributed by atoms with E-state index >= 15 is 0 Å². The maximum atomic E-state index is 13.3. The summed E-state index contributed by atoms with van der Waals surface area (Å²) >= 11 is 1.33. The first-order valence-corrected chi connectivity index (χ1v) is 12.2. The summed E-state index contributed by atoms with van der Waals surface area (Å²) in [5, 5.41) is 2.93. The van der Waals surface area contributed by atoms with Gasteiger partial charge in [0, 0.05) is 18.3 Å². The topological polar surface area (TPSA) is 74.7 Å². The third kappa shape index (κ3) is 5.91. The summed E-state index contributed by atoms with van der Waals surface area (Å²) in [5.74, 6) is 0.100. The Hall–Kier alpha value is -3.45. The van der Waals surface area contributed by atoms with Crippen LogP contribution < -0.4 is 5.32 Å². The Balaban J connectivity index is 1.53. The highest BCUT2D eigenvalue weighted by Gasteiger charge is 2.39. The van der Waals surface area contributed by atoms with Crippen LogP contribution in [0.15, 0.2) is 77.9 Å². The number of aryl methyl sites for hydroxylation is 1. The minimum atomic E-state index is -0.539. The van der Waals surface area contributed by atoms with E-state index in [0.29, 0.717) is 17.6 Å². The molecule has 0 spiro atoms. The second-order valence-electron chi connectivity index (χ2n) is 8.61. The van der Waals surface area contributed by atoms with Gasteiger partial charge in [-0.3, -0.25) is 19.5 Å². The molecule has 1 fully saturated rings. The SMILES string of the molecule is Cc1ccc(NC(=O)CC2SC(=Nc3ccc(C(C)C)cc3)N(Cc3ccccn3)C2=O)cc1. The summed E-state index contributed by atoms with van der Waals surface area (Å²) in [6.45, 7) is 6.60. The van der Waals surface area contributed by atoms with Gasteiger partial charge in [0.1, 0.15) is 5.25 Å². The number of nitrogens with one attached hydrogen (secondary N) is 1. The lowest BCUT2D eigenvalue weighted by Crippen LogP contribution is -2.33. The molecule has 1 aliphatic rings. The van der Waals surface area contributed by atoms with Gasteiger partial charge in [0.2, 0.25) is 11.8 Å². The average Bonchev–Trinajstić information content (AvgIpc) is 3.10. The maximum Gasteiger partial charge on any atom is 0.243 e. The van der Waals surface area contributed by atoms with Gasteiger partial charge in [-0.15, -0.1) is 0 Å². The van der Waals surface area contributed by atoms with E-state index in [1.807, 2.05) is 61.5 Å². The number of hydrogen-bond donors (Lipinski definition) is 1. The van der Waals surface area contributed by atoms with Crippen molar-refractivity contribution >= 4 is 40.1 Å². The molecule has 1 aromatic heterocycles. The lowest BCUT2D eigenvalue weighted by atomic mass is 10.0. The molecule has 0 saturated carbocycles. The summed E-state index contributed by atoms with van der Waals surface area (Å²) in [6, 6.07) is 21.2. The smallest absolute Gasteiger partial charge is 0.243 e. The number of nitrogens with zero attached hydrogens (tertiary/aromatic N) is 3. The van der Waals surface area contributed by atoms with Crippen molar-refractivity contribution in [2.75, 3.05) is 5.32 Å². The van der Waals surface area contributed by atoms with Crippen LogP contribution in [0.5, 0.6) is 0 Å². The van der Waals surface area contributed by atoms with E-state index < -0.39 is 5.25 Å². The molecule has 0 radical (unpaired) electrons. The number of amides is 2. The van der Waals surface area contributed by atoms with Crippen molar-refractivity contribution in [3.8, 4) is 0 Å². The standard InChI is InChI=1S/C27H28N4O2S/c1-18(2)20-9-13-22(14-10-20)30-27-31(17-23-6-4-5-15-28-23)26(33)24(34-27)16-25(32)29-21-11-7-19(3)8-12-21/h4-15,18,24H,16-17H2,1-3H3,(H,29,32). The van der Waals surface area contributed by atoms with Crippen LogP contribution in [0.1, 0.15) is 43.0 Å². The van der Waals surface area contributed by atoms with Crippen molar-refractivity contribution in [1.29, 1.82) is 0 Å². The molecule has 6 nitrogen and oxygen atoms in total. The van der Waals surface area contributed by atoms with Gasteiger partial charge < -0.3 is 5.32 Å². The summed E-state index contributed by atoms with van der Waals surface area (Å²) in [6.07, 6.45) is 1.78. The van der Waals surface area contributed by atoms with Crippen LogP contribution in [0.3, 0.4) is 0 Å². The largest absolute Gasteiger partial charge is 0.326 e. The van der Waals surface area contributed by atoms with E-state index in [-0.39, 0.29) is 18.2 Å². The van der Waals surface area contributed by atoms with Gasteiger partial charge in [0.05, 0.1) is 17.9 Å². The minimum Gasteiger partial charge on any atom is -0.326 e. The van der Waals surface area contributed by atoms with E-state index in [1.165, 1.54) is 17.3 Å². The summed E-state index contributed by atoms with van der Waals surface area (Å²) in [7, 11) is 0. The fraction of sp³-hybridized carbons (Fsp3) is 0.259. The molecule has 174 valence electrons. The van der Waals surface area contributed by atoms with Crippen LogP contribution in [0, 0.1) is 6.92 Å². The van der Waals surface area contributed by atoms with Crippen molar-refractivity contribution in [3.05, 3.63) is 89.7 Å². The lowest BCUT2D eigenvalue weighted by Gasteiger charge is -2.16. The highest BCUT2D eigenvalue weighted by atomic mass is 32.2. The van der Waals surface area contributed by atoms with Gasteiger partial charge in [-0.1, -0.05) is 61.5 Å². The normalized spacial score (nSPS) is 16.9. The van der Waals surface area contributed by atoms with Crippen LogP contribution in [0.25, 0.3) is 0 Å². The predicted octanol–water partition coefficient (Wildman–Crippen LogP) is 5.67. The quantitative estimate of drug-likeness (QED) is 0.480. The third-order valence-electron chi connectivity index (χ3n) is 5.56. The Kier molecular flexibility index (Phi) is 7.43. The number of aliphatic imine (C=N–C) groups is 1. The average molecular weight is 473 g/mol. The Morgan fingerprint density at radius 2 is 1.82 bits per heavy atom. The van der Waals surface area contributed by atoms with Crippen LogP contribution in [-0.2, 0) is 16.1 Å². The van der Waals surface area contributed by atoms with Crippen molar-refractivity contribution in [2.45, 2.75) is 44.9 Å². The number of carbonyl (C=O) groups excluding carboxylic acids is 2. The number of carbonyl (C=O) groups is 2. The number of thioether (sulfide) groups is 1. The van der Waals surface area contributed by atoms with Gasteiger partial charge >= 0.3 is 0 Å². The first kappa shape index (κ1) is 23.7. The van der Waals surface area contributed by atoms with Gasteiger partial charge in [-0.05, 0) is 54.8 Å². The Morgan fingerprint density at radius 3 is 2.47 bits per heavy atom. The highest BCUT2D eigenvalue weighted by molar-refractivity contribution is 8.15. The molecular formula is C27H28N4O2S. The number of benzene rings is 2. The molecule has 4 rings (SSSR count). The van der Waals surface area contributed by atoms with E-state index in [2.05, 4.69) is 36.3 Å². The van der Waals surface area contributed by atoms with Gasteiger partial charge in [-0.25, -0.2) is 4.99 Å². The minimum absolute atomic E-state index is 0.0708. The number of rotatable bonds is 7. The molecule has 34 heavy (non-hydrogen) atoms. The zero-order valence-electron chi connectivity index (χ0n) is 19.6. The van der Waals surface area contributed by atoms with Crippen molar-refractivity contribution in [3.63, 3.8) is 0 Å². The Labute approximate surface area is 204 Å². The molecule has 3 aromatic rings. The second kappa shape index (κ2) is 10.7. The van der Waals surface area contributed by atoms with E-state index in [9.17, 15) is 9.59 Å². The zero-order chi connectivity index (χ0) is 24.1. The molecule has 2 aromatic carbocycles. The Morgan fingerprint density at radius 1 is 1.09 bits per heavy atom. The summed E-state index contributed by atoms with van der Waals surface area (Å²) in [4.78, 5) is 36.7. The molecule has 1 N–H and O–H groups in total. The number of anilines is 1. The monoisotopic (exact) mass is 472 g/mol. The van der Waals surface area contributed by atoms with E-state index in [4.69, 9.17) is 4.99 Å². The van der Waals surface area contributed by atoms with Gasteiger partial charge in [0.15, 0.2) is 5.17 Å². The molecule has 7 heteroatoms. The van der Waals surface area contributed by atoms with Crippen molar-refractivity contribution < 1.29 is 9.59 Å². The Bertz CT molecular complexity index is 1180. The van der Waals surface area contributed by atoms with Crippen LogP contribution in [0.4, 0.5) is 11.4 Å². The summed E-state index contributed by atoms with van der Waals surface area (Å²) < 4.78 is 0. The number of aromatic nitrogens is 1. The lowest BCUT2D eigenvalue weighted by molar-refractivity contribution is -0.128. The molecule has 0 bridgehead atoms. The molecule has 1 aliphatic heterocycles. The number of hydrogen-bond acceptors (Lipinski definition) is 5. The van der Waals surface area contributed by atoms with Gasteiger partial charge in [0.25, 0.3) is 0 Å². The molecule has 2 amide bonds. The molecule has 1 saturated heterocycles. The number of amidine groups is 1. The molecule has 2 heterocycles. The third-order valence-corrected chi connectivity index (χ3v) is 6.73. The number of pyridine rings is 1. The molecular weight excluding hydrogens is 444 g/mol. The molecule has 0 aliphatic carbocycles. The van der Waals surface area contributed by atoms with E-state index in [0.717, 1.165) is 22.6 Å². The molecule has 1 atom stereocenters. The maximum absolute atomic E-state index is 13.3. The van der Waals surface area contributed by atoms with Crippen molar-refractivity contribution in [2.24, 2.45) is 4.99 Å². The van der Waals surface area contributed by atoms with Crippen molar-refractivity contribution in [1.82, 2.24) is 9.88 Å². The van der Waals surface area contributed by atoms with Crippen LogP contribution in [0.2, 0.25) is 0 Å². The zero-order valence-corrected chi connectivity index (χ0v) is 20.4. The van der Waals surface area contributed by atoms with Crippen LogP contribution in [-0.4, -0.2) is 32.1 Å². The first-order valence-electron chi connectivity index (χ1n) is 11.3. The van der Waals surface area contributed by atoms with E-state index in [1.54, 1.807) is 11.1 Å². The van der Waals surface area contributed by atoms with Crippen LogP contribution >= 0.6 is 11.8 Å². The summed E-state index contributed by atoms with van der Waals surface area (Å²) in [5.41, 5.74) is 4.61. The highest BCUT2D eigenvalue weighted by Crippen LogP contribution is 2.33.